The largest absolute Gasteiger partial charge is 0.508 e. The Morgan fingerprint density at radius 1 is 1.42 bits per heavy atom. The van der Waals surface area contributed by atoms with Crippen LogP contribution in [-0.2, 0) is 10.0 Å². The molecule has 1 aromatic carbocycles. The second kappa shape index (κ2) is 3.04. The number of aromatic hydroxyl groups is 1. The standard InChI is InChI=1S/C6H6BrNO3S/c7-5-3-4(9)1-2-6(5)12(8,10)11/h1-3,9H,(H2,8,10,11). The third kappa shape index (κ3) is 1.96. The molecule has 0 spiro atoms. The van der Waals surface area contributed by atoms with Gasteiger partial charge in [0.2, 0.25) is 10.0 Å². The summed E-state index contributed by atoms with van der Waals surface area (Å²) in [7, 11) is -3.71. The first kappa shape index (κ1) is 9.50. The molecule has 0 bridgehead atoms. The van der Waals surface area contributed by atoms with Crippen LogP contribution in [0, 0.1) is 0 Å². The number of phenols is 1. The first-order valence-electron chi connectivity index (χ1n) is 2.92. The molecule has 66 valence electrons. The van der Waals surface area contributed by atoms with E-state index >= 15 is 0 Å². The van der Waals surface area contributed by atoms with E-state index in [0.29, 0.717) is 0 Å². The highest BCUT2D eigenvalue weighted by atomic mass is 79.9. The highest BCUT2D eigenvalue weighted by molar-refractivity contribution is 9.10. The number of benzene rings is 1. The molecule has 0 saturated heterocycles. The summed E-state index contributed by atoms with van der Waals surface area (Å²) in [5.41, 5.74) is 0. The topological polar surface area (TPSA) is 80.4 Å². The molecule has 0 aliphatic carbocycles. The van der Waals surface area contributed by atoms with Crippen LogP contribution >= 0.6 is 15.9 Å². The van der Waals surface area contributed by atoms with Crippen LogP contribution in [0.4, 0.5) is 0 Å². The maximum Gasteiger partial charge on any atom is 0.239 e. The molecule has 12 heavy (non-hydrogen) atoms. The van der Waals surface area contributed by atoms with Crippen LogP contribution in [0.1, 0.15) is 0 Å². The third-order valence-corrected chi connectivity index (χ3v) is 3.11. The molecule has 0 atom stereocenters. The van der Waals surface area contributed by atoms with Crippen molar-refractivity contribution in [3.63, 3.8) is 0 Å². The van der Waals surface area contributed by atoms with Gasteiger partial charge in [-0.1, -0.05) is 0 Å². The lowest BCUT2D eigenvalue weighted by Crippen LogP contribution is -2.12. The van der Waals surface area contributed by atoms with Crippen LogP contribution in [0.25, 0.3) is 0 Å². The molecule has 4 nitrogen and oxygen atoms in total. The van der Waals surface area contributed by atoms with E-state index in [2.05, 4.69) is 15.9 Å². The van der Waals surface area contributed by atoms with Crippen LogP contribution in [0.3, 0.4) is 0 Å². The van der Waals surface area contributed by atoms with Crippen molar-refractivity contribution in [3.05, 3.63) is 22.7 Å². The van der Waals surface area contributed by atoms with Gasteiger partial charge in [0, 0.05) is 4.47 Å². The van der Waals surface area contributed by atoms with Gasteiger partial charge in [0.05, 0.1) is 4.90 Å². The molecule has 0 aliphatic rings. The van der Waals surface area contributed by atoms with Gasteiger partial charge < -0.3 is 5.11 Å². The summed E-state index contributed by atoms with van der Waals surface area (Å²) in [6, 6.07) is 3.75. The van der Waals surface area contributed by atoms with Crippen LogP contribution in [0.2, 0.25) is 0 Å². The van der Waals surface area contributed by atoms with Crippen LogP contribution in [0.15, 0.2) is 27.6 Å². The third-order valence-electron chi connectivity index (χ3n) is 1.22. The van der Waals surface area contributed by atoms with Gasteiger partial charge in [-0.05, 0) is 34.1 Å². The Hall–Kier alpha value is -0.590. The first-order valence-corrected chi connectivity index (χ1v) is 5.26. The summed E-state index contributed by atoms with van der Waals surface area (Å²) < 4.78 is 21.9. The highest BCUT2D eigenvalue weighted by Gasteiger charge is 2.11. The Labute approximate surface area is 78.2 Å². The van der Waals surface area contributed by atoms with Crippen molar-refractivity contribution >= 4 is 26.0 Å². The molecule has 0 heterocycles. The van der Waals surface area contributed by atoms with E-state index in [9.17, 15) is 8.42 Å². The summed E-state index contributed by atoms with van der Waals surface area (Å²) in [6.07, 6.45) is 0. The van der Waals surface area contributed by atoms with Gasteiger partial charge in [-0.15, -0.1) is 0 Å². The predicted molar refractivity (Wildman–Crippen MR) is 47.2 cm³/mol. The lowest BCUT2D eigenvalue weighted by molar-refractivity contribution is 0.474. The van der Waals surface area contributed by atoms with Crippen molar-refractivity contribution in [2.24, 2.45) is 5.14 Å². The maximum atomic E-state index is 10.8. The smallest absolute Gasteiger partial charge is 0.239 e. The van der Waals surface area contributed by atoms with E-state index < -0.39 is 10.0 Å². The minimum Gasteiger partial charge on any atom is -0.508 e. The number of hydrogen-bond acceptors (Lipinski definition) is 3. The predicted octanol–water partition coefficient (Wildman–Crippen LogP) is 0.802. The molecule has 6 heteroatoms. The number of primary sulfonamides is 1. The second-order valence-corrected chi connectivity index (χ2v) is 4.54. The Balaban J connectivity index is 3.39. The molecule has 0 aromatic heterocycles. The van der Waals surface area contributed by atoms with Gasteiger partial charge in [-0.2, -0.15) is 0 Å². The van der Waals surface area contributed by atoms with Crippen molar-refractivity contribution in [1.82, 2.24) is 0 Å². The molecule has 0 aliphatic heterocycles. The SMILES string of the molecule is NS(=O)(=O)c1ccc(O)cc1Br. The van der Waals surface area contributed by atoms with Gasteiger partial charge in [0.1, 0.15) is 5.75 Å². The first-order chi connectivity index (χ1) is 5.41. The van der Waals surface area contributed by atoms with Gasteiger partial charge >= 0.3 is 0 Å². The zero-order valence-electron chi connectivity index (χ0n) is 5.86. The quantitative estimate of drug-likeness (QED) is 0.775. The fourth-order valence-electron chi connectivity index (χ4n) is 0.720. The molecule has 0 amide bonds. The molecule has 3 N–H and O–H groups in total. The van der Waals surface area contributed by atoms with Gasteiger partial charge in [-0.3, -0.25) is 0 Å². The molecular formula is C6H6BrNO3S. The van der Waals surface area contributed by atoms with Crippen molar-refractivity contribution in [2.75, 3.05) is 0 Å². The number of sulfonamides is 1. The Bertz CT molecular complexity index is 401. The van der Waals surface area contributed by atoms with E-state index in [4.69, 9.17) is 10.2 Å². The fraction of sp³-hybridized carbons (Fsp3) is 0. The maximum absolute atomic E-state index is 10.8. The fourth-order valence-corrected chi connectivity index (χ4v) is 2.35. The number of phenolic OH excluding ortho intramolecular Hbond substituents is 1. The molecule has 1 rings (SSSR count). The van der Waals surface area contributed by atoms with Crippen molar-refractivity contribution in [1.29, 1.82) is 0 Å². The van der Waals surface area contributed by atoms with E-state index in [1.807, 2.05) is 0 Å². The summed E-state index contributed by atoms with van der Waals surface area (Å²) in [5, 5.41) is 13.8. The molecule has 0 radical (unpaired) electrons. The van der Waals surface area contributed by atoms with Crippen LogP contribution in [0.5, 0.6) is 5.75 Å². The Kier molecular flexibility index (Phi) is 2.41. The lowest BCUT2D eigenvalue weighted by atomic mass is 10.3. The summed E-state index contributed by atoms with van der Waals surface area (Å²) in [5.74, 6) is -0.0192. The number of hydrogen-bond donors (Lipinski definition) is 2. The highest BCUT2D eigenvalue weighted by Crippen LogP contribution is 2.24. The van der Waals surface area contributed by atoms with Crippen molar-refractivity contribution in [2.45, 2.75) is 4.90 Å². The molecule has 0 fully saturated rings. The van der Waals surface area contributed by atoms with Gasteiger partial charge in [0.25, 0.3) is 0 Å². The molecule has 1 aromatic rings. The molecule has 0 unspecified atom stereocenters. The zero-order chi connectivity index (χ0) is 9.35. The monoisotopic (exact) mass is 251 g/mol. The van der Waals surface area contributed by atoms with Crippen LogP contribution in [-0.4, -0.2) is 13.5 Å². The summed E-state index contributed by atoms with van der Waals surface area (Å²) >= 11 is 2.96. The average molecular weight is 252 g/mol. The van der Waals surface area contributed by atoms with E-state index in [0.717, 1.165) is 0 Å². The minimum atomic E-state index is -3.71. The average Bonchev–Trinajstić information content (AvgIpc) is 1.83. The molecular weight excluding hydrogens is 246 g/mol. The zero-order valence-corrected chi connectivity index (χ0v) is 8.26. The van der Waals surface area contributed by atoms with Crippen molar-refractivity contribution in [3.8, 4) is 5.75 Å². The van der Waals surface area contributed by atoms with Gasteiger partial charge in [0.15, 0.2) is 0 Å². The van der Waals surface area contributed by atoms with Crippen molar-refractivity contribution < 1.29 is 13.5 Å². The van der Waals surface area contributed by atoms with Gasteiger partial charge in [-0.25, -0.2) is 13.6 Å². The van der Waals surface area contributed by atoms with E-state index in [1.54, 1.807) is 0 Å². The van der Waals surface area contributed by atoms with E-state index in [1.165, 1.54) is 18.2 Å². The summed E-state index contributed by atoms with van der Waals surface area (Å²) in [4.78, 5) is -0.0414. The normalized spacial score (nSPS) is 11.5. The lowest BCUT2D eigenvalue weighted by Gasteiger charge is -2.00. The molecule has 0 saturated carbocycles. The Morgan fingerprint density at radius 3 is 2.42 bits per heavy atom. The van der Waals surface area contributed by atoms with Crippen LogP contribution < -0.4 is 5.14 Å². The summed E-state index contributed by atoms with van der Waals surface area (Å²) in [6.45, 7) is 0. The van der Waals surface area contributed by atoms with E-state index in [-0.39, 0.29) is 15.1 Å². The Morgan fingerprint density at radius 2 is 2.00 bits per heavy atom. The number of nitrogens with two attached hydrogens (primary N) is 1. The minimum absolute atomic E-state index is 0.0192. The second-order valence-electron chi connectivity index (χ2n) is 2.16. The number of rotatable bonds is 1. The number of halogens is 1.